The van der Waals surface area contributed by atoms with Crippen molar-refractivity contribution in [2.24, 2.45) is 16.8 Å². The van der Waals surface area contributed by atoms with Crippen LogP contribution in [0, 0.1) is 17.1 Å². The Morgan fingerprint density at radius 2 is 2.02 bits per heavy atom. The number of aromatic nitrogens is 3. The van der Waals surface area contributed by atoms with Crippen LogP contribution in [-0.4, -0.2) is 83.0 Å². The number of amides is 1. The van der Waals surface area contributed by atoms with Crippen molar-refractivity contribution in [2.75, 3.05) is 11.5 Å². The Balaban J connectivity index is 0.00000187. The molecule has 7 N–H and O–H groups in total. The Labute approximate surface area is 324 Å². The van der Waals surface area contributed by atoms with Gasteiger partial charge in [-0.15, -0.1) is 23.1 Å². The second-order valence-electron chi connectivity index (χ2n) is 12.6. The van der Waals surface area contributed by atoms with Gasteiger partial charge < -0.3 is 41.0 Å². The number of nitrogen functional groups attached to an aromatic ring is 2. The summed E-state index contributed by atoms with van der Waals surface area (Å²) in [6.45, 7) is 2.47. The zero-order chi connectivity index (χ0) is 40.4. The van der Waals surface area contributed by atoms with E-state index in [1.807, 2.05) is 6.07 Å². The van der Waals surface area contributed by atoms with Crippen molar-refractivity contribution in [2.45, 2.75) is 44.3 Å². The summed E-state index contributed by atoms with van der Waals surface area (Å²) >= 11 is 8.64. The van der Waals surface area contributed by atoms with Crippen LogP contribution < -0.4 is 21.1 Å². The number of thiazole rings is 1. The van der Waals surface area contributed by atoms with Crippen LogP contribution in [-0.2, 0) is 41.9 Å². The van der Waals surface area contributed by atoms with E-state index in [0.717, 1.165) is 33.2 Å². The van der Waals surface area contributed by atoms with E-state index in [9.17, 15) is 33.8 Å². The minimum atomic E-state index is -1.77. The molecule has 0 bridgehead atoms. The third-order valence-electron chi connectivity index (χ3n) is 8.59. The molecule has 0 unspecified atom stereocenters. The van der Waals surface area contributed by atoms with Crippen LogP contribution in [0.2, 0.25) is 5.02 Å². The fourth-order valence-electron chi connectivity index (χ4n) is 5.79. The zero-order valence-corrected chi connectivity index (χ0v) is 31.3. The Morgan fingerprint density at radius 1 is 1.31 bits per heavy atom. The number of β-lactam (4-membered cyclic amide) rings is 1. The number of pyridine rings is 1. The molecule has 0 spiro atoms. The van der Waals surface area contributed by atoms with Crippen LogP contribution in [0.5, 0.6) is 0 Å². The number of carbonyl (C=O) groups is 5. The van der Waals surface area contributed by atoms with Crippen LogP contribution in [0.4, 0.5) is 9.52 Å². The molecular weight excluding hydrogens is 783 g/mol. The average molecular weight is 815 g/mol. The summed E-state index contributed by atoms with van der Waals surface area (Å²) in [7, 11) is 0. The summed E-state index contributed by atoms with van der Waals surface area (Å²) in [5.74, 6) is -5.69. The maximum absolute atomic E-state index is 14.9. The maximum atomic E-state index is 14.9. The molecule has 1 saturated heterocycles. The number of rotatable bonds is 13. The lowest BCUT2D eigenvalue weighted by Crippen LogP contribution is -2.63. The van der Waals surface area contributed by atoms with Crippen LogP contribution >= 0.6 is 34.7 Å². The number of aliphatic carboxylic acids is 2. The number of hydrogen-bond donors (Lipinski definition) is 5. The Morgan fingerprint density at radius 3 is 2.62 bits per heavy atom. The number of thioether (sulfide) groups is 1. The summed E-state index contributed by atoms with van der Waals surface area (Å²) in [6, 6.07) is 6.20. The van der Waals surface area contributed by atoms with E-state index >= 15 is 0 Å². The zero-order valence-electron chi connectivity index (χ0n) is 28.9. The first-order valence-corrected chi connectivity index (χ1v) is 18.3. The molecule has 1 amide bonds. The molecule has 4 aromatic rings. The summed E-state index contributed by atoms with van der Waals surface area (Å²) in [6.07, 6.45) is 4.91. The summed E-state index contributed by atoms with van der Waals surface area (Å²) in [5.41, 5.74) is 10.5. The third kappa shape index (κ3) is 8.45. The number of carbonyl (C=O) groups excluding carboxylic acids is 3. The van der Waals surface area contributed by atoms with Gasteiger partial charge in [-0.25, -0.2) is 18.7 Å². The molecule has 17 nitrogen and oxygen atoms in total. The van der Waals surface area contributed by atoms with Crippen molar-refractivity contribution in [1.82, 2.24) is 14.5 Å². The molecule has 2 aliphatic rings. The first-order valence-electron chi connectivity index (χ1n) is 16.0. The number of nitrogens with zero attached hydrogens (tertiary/aromatic N) is 5. The standard InChI is InChI=1S/C33H30ClFN8O7S2.CH2O2/c1-33(2,31(48)49)50-40-25(22-14-52-32(38)39-22)24(44)9-18-28(45)43-26(30(46)47)17(13-51-29(18)43)11-41-5-4-23-15(10-41)3-6-42(23)12-19-20(34)7-16(27(36)37)8-21(19)35;2-1-3/h3-8,10,14,18,29H,9,11-13H2,1-2H3,(H6-,36,37,38,39,46,47,48,49);1H,(H,2,3)/b40-25-;/t18-,29-;/m1./s1. The van der Waals surface area contributed by atoms with Crippen molar-refractivity contribution in [3.8, 4) is 0 Å². The van der Waals surface area contributed by atoms with Gasteiger partial charge in [0.25, 0.3) is 6.47 Å². The largest absolute Gasteiger partial charge is 0.543 e. The normalized spacial score (nSPS) is 16.8. The van der Waals surface area contributed by atoms with Gasteiger partial charge in [-0.3, -0.25) is 24.7 Å². The molecule has 1 aromatic carbocycles. The highest BCUT2D eigenvalue weighted by Gasteiger charge is 2.53. The highest BCUT2D eigenvalue weighted by molar-refractivity contribution is 8.00. The molecule has 55 heavy (non-hydrogen) atoms. The Bertz CT molecular complexity index is 2280. The minimum absolute atomic E-state index is 0.0508. The van der Waals surface area contributed by atoms with Crippen LogP contribution in [0.25, 0.3) is 10.9 Å². The molecule has 3 aromatic heterocycles. The second kappa shape index (κ2) is 16.2. The van der Waals surface area contributed by atoms with E-state index in [-0.39, 0.29) is 76.0 Å². The van der Waals surface area contributed by atoms with Crippen LogP contribution in [0.1, 0.15) is 37.1 Å². The highest BCUT2D eigenvalue weighted by Crippen LogP contribution is 2.45. The van der Waals surface area contributed by atoms with Crippen molar-refractivity contribution in [1.29, 1.82) is 5.41 Å². The minimum Gasteiger partial charge on any atom is -0.543 e. The number of carboxylic acid groups (broad SMARTS) is 3. The van der Waals surface area contributed by atoms with Gasteiger partial charge in [-0.2, -0.15) is 0 Å². The van der Waals surface area contributed by atoms with E-state index in [0.29, 0.717) is 5.57 Å². The number of hydrogen-bond acceptors (Lipinski definition) is 13. The van der Waals surface area contributed by atoms with Gasteiger partial charge >= 0.3 is 5.97 Å². The van der Waals surface area contributed by atoms with E-state index in [1.54, 1.807) is 33.8 Å². The molecule has 0 aliphatic carbocycles. The number of Topliss-reactive ketones (excluding diaryl/α,β-unsaturated/α-hetero) is 1. The predicted molar refractivity (Wildman–Crippen MR) is 196 cm³/mol. The third-order valence-corrected chi connectivity index (χ3v) is 11.0. The number of nitrogens with one attached hydrogen (secondary N) is 1. The quantitative estimate of drug-likeness (QED) is 0.0321. The van der Waals surface area contributed by atoms with Crippen LogP contribution in [0.15, 0.2) is 64.7 Å². The van der Waals surface area contributed by atoms with Gasteiger partial charge in [0.2, 0.25) is 11.5 Å². The number of amidine groups is 1. The van der Waals surface area contributed by atoms with Crippen molar-refractivity contribution < 1.29 is 53.1 Å². The molecule has 21 heteroatoms. The maximum Gasteiger partial charge on any atom is 0.350 e. The summed E-state index contributed by atoms with van der Waals surface area (Å²) in [5, 5.41) is 41.9. The number of ketones is 1. The molecule has 5 heterocycles. The Hall–Kier alpha value is -5.86. The summed E-state index contributed by atoms with van der Waals surface area (Å²) in [4.78, 5) is 69.6. The first-order chi connectivity index (χ1) is 26.0. The van der Waals surface area contributed by atoms with Crippen molar-refractivity contribution in [3.63, 3.8) is 0 Å². The number of anilines is 1. The molecule has 0 radical (unpaired) electrons. The van der Waals surface area contributed by atoms with E-state index in [2.05, 4.69) is 10.1 Å². The number of oxime groups is 1. The second-order valence-corrected chi connectivity index (χ2v) is 15.0. The lowest BCUT2D eigenvalue weighted by molar-refractivity contribution is -0.687. The number of nitrogens with two attached hydrogens (primary N) is 2. The number of carboxylic acids is 2. The highest BCUT2D eigenvalue weighted by atomic mass is 35.5. The van der Waals surface area contributed by atoms with Crippen LogP contribution in [0.3, 0.4) is 0 Å². The van der Waals surface area contributed by atoms with E-state index in [1.165, 1.54) is 37.1 Å². The van der Waals surface area contributed by atoms with Gasteiger partial charge in [-0.05, 0) is 32.0 Å². The van der Waals surface area contributed by atoms with Gasteiger partial charge in [-0.1, -0.05) is 16.8 Å². The lowest BCUT2D eigenvalue weighted by atomic mass is 9.89. The number of fused-ring (bicyclic) bond motifs is 2. The van der Waals surface area contributed by atoms with Crippen molar-refractivity contribution >= 4 is 92.4 Å². The lowest BCUT2D eigenvalue weighted by Gasteiger charge is -2.50. The SMILES string of the molecule is CC(C)(O/N=C(\C(=O)C[C@@H]1C(=O)N2C(C(=O)[O-])=C(C[n+]3ccc4c(ccn4Cc4c(F)cc(C(=N)N)cc4Cl)c3)CS[C@H]12)c1csc(N)n1)C(=O)O.O=CO. The fourth-order valence-corrected chi connectivity index (χ4v) is 8.01. The van der Waals surface area contributed by atoms with Crippen molar-refractivity contribution in [3.05, 3.63) is 87.2 Å². The fraction of sp³-hybridized carbons (Fsp3) is 0.265. The predicted octanol–water partition coefficient (Wildman–Crippen LogP) is 1.57. The summed E-state index contributed by atoms with van der Waals surface area (Å²) < 4.78 is 18.4. The number of benzene rings is 1. The first kappa shape index (κ1) is 40.3. The molecule has 288 valence electrons. The van der Waals surface area contributed by atoms with Gasteiger partial charge in [0, 0.05) is 51.5 Å². The molecule has 1 fully saturated rings. The van der Waals surface area contributed by atoms with Gasteiger partial charge in [0.15, 0.2) is 35.6 Å². The molecule has 0 saturated carbocycles. The van der Waals surface area contributed by atoms with Gasteiger partial charge in [0.1, 0.15) is 17.3 Å². The molecular formula is C34H32ClFN8O9S2. The average Bonchev–Trinajstić information content (AvgIpc) is 3.73. The number of halogens is 2. The molecule has 6 rings (SSSR count). The van der Waals surface area contributed by atoms with E-state index < -0.39 is 46.3 Å². The van der Waals surface area contributed by atoms with E-state index in [4.69, 9.17) is 43.2 Å². The smallest absolute Gasteiger partial charge is 0.350 e. The topological polar surface area (TPSA) is 271 Å². The molecule has 2 aliphatic heterocycles. The monoisotopic (exact) mass is 814 g/mol. The Kier molecular flexibility index (Phi) is 11.9. The van der Waals surface area contributed by atoms with Gasteiger partial charge in [0.05, 0.1) is 40.4 Å². The molecule has 2 atom stereocenters.